The Morgan fingerprint density at radius 1 is 1.02 bits per heavy atom. The molecule has 2 aliphatic rings. The Morgan fingerprint density at radius 3 is 2.36 bits per heavy atom. The van der Waals surface area contributed by atoms with Gasteiger partial charge in [-0.05, 0) is 69.5 Å². The van der Waals surface area contributed by atoms with Crippen LogP contribution in [0.25, 0.3) is 0 Å². The molecule has 4 heterocycles. The fraction of sp³-hybridized carbons (Fsp3) is 0.455. The molecule has 2 aliphatic heterocycles. The van der Waals surface area contributed by atoms with E-state index in [0.29, 0.717) is 17.3 Å². The number of pyridine rings is 1. The number of hydrogen-bond donors (Lipinski definition) is 2. The van der Waals surface area contributed by atoms with Crippen LogP contribution in [0.1, 0.15) is 63.0 Å². The van der Waals surface area contributed by atoms with E-state index < -0.39 is 11.0 Å². The number of rotatable bonds is 7. The van der Waals surface area contributed by atoms with Crippen LogP contribution in [-0.4, -0.2) is 63.4 Å². The van der Waals surface area contributed by atoms with Gasteiger partial charge in [0.2, 0.25) is 0 Å². The van der Waals surface area contributed by atoms with Crippen LogP contribution in [0.15, 0.2) is 68.0 Å². The molecule has 2 atom stereocenters. The first-order valence-electron chi connectivity index (χ1n) is 15.3. The van der Waals surface area contributed by atoms with Crippen molar-refractivity contribution in [3.8, 4) is 0 Å². The normalized spacial score (nSPS) is 16.0. The first kappa shape index (κ1) is 34.7. The molecule has 10 nitrogen and oxygen atoms in total. The van der Waals surface area contributed by atoms with Gasteiger partial charge in [-0.3, -0.25) is 14.4 Å². The summed E-state index contributed by atoms with van der Waals surface area (Å²) in [5.74, 6) is 1.65. The van der Waals surface area contributed by atoms with E-state index in [9.17, 15) is 9.00 Å². The van der Waals surface area contributed by atoms with Gasteiger partial charge in [-0.2, -0.15) is 0 Å². The average molecular weight is 621 g/mol. The smallest absolute Gasteiger partial charge is 0.251 e. The summed E-state index contributed by atoms with van der Waals surface area (Å²) in [4.78, 5) is 31.1. The average Bonchev–Trinajstić information content (AvgIpc) is 3.25. The van der Waals surface area contributed by atoms with Crippen molar-refractivity contribution in [1.82, 2.24) is 14.5 Å². The number of allylic oxidation sites excluding steroid dienone is 1. The SMILES string of the molecule is CC.CCc1cc(N2CCN(C3=CCN=C(C)N=C3)CC2)n(C)c(=O)ccc(C)cc1[C@@H](C)Nc1ccc(C)nc1S(N)=O. The number of aryl methyl sites for hydroxylation is 3. The second kappa shape index (κ2) is 16.3. The molecule has 0 aromatic carbocycles. The Labute approximate surface area is 264 Å². The third kappa shape index (κ3) is 8.86. The topological polar surface area (TPSA) is 121 Å². The first-order valence-corrected chi connectivity index (χ1v) is 16.5. The van der Waals surface area contributed by atoms with Gasteiger partial charge < -0.3 is 15.1 Å². The molecule has 44 heavy (non-hydrogen) atoms. The zero-order valence-corrected chi connectivity index (χ0v) is 28.2. The van der Waals surface area contributed by atoms with Gasteiger partial charge in [-0.15, -0.1) is 0 Å². The molecule has 0 aliphatic carbocycles. The summed E-state index contributed by atoms with van der Waals surface area (Å²) >= 11 is 0. The number of nitrogens with one attached hydrogen (secondary N) is 1. The number of amidine groups is 1. The summed E-state index contributed by atoms with van der Waals surface area (Å²) in [5.41, 5.74) is 5.53. The Bertz CT molecular complexity index is 1550. The Balaban J connectivity index is 0.00000259. The lowest BCUT2D eigenvalue weighted by Crippen LogP contribution is -2.47. The summed E-state index contributed by atoms with van der Waals surface area (Å²) in [7, 11) is 0.107. The van der Waals surface area contributed by atoms with Crippen LogP contribution in [-0.2, 0) is 24.5 Å². The number of nitrogens with zero attached hydrogens (tertiary/aromatic N) is 6. The molecule has 1 fully saturated rings. The highest BCUT2D eigenvalue weighted by Gasteiger charge is 2.21. The Kier molecular flexibility index (Phi) is 12.8. The van der Waals surface area contributed by atoms with E-state index in [1.165, 1.54) is 0 Å². The molecular weight excluding hydrogens is 572 g/mol. The third-order valence-corrected chi connectivity index (χ3v) is 8.30. The highest BCUT2D eigenvalue weighted by Crippen LogP contribution is 2.27. The van der Waals surface area contributed by atoms with Crippen LogP contribution in [0.5, 0.6) is 0 Å². The fourth-order valence-corrected chi connectivity index (χ4v) is 5.78. The number of aliphatic imine (C=N–C) groups is 2. The van der Waals surface area contributed by atoms with Gasteiger partial charge in [-0.1, -0.05) is 38.5 Å². The van der Waals surface area contributed by atoms with Crippen LogP contribution in [0.2, 0.25) is 0 Å². The monoisotopic (exact) mass is 620 g/mol. The predicted molar refractivity (Wildman–Crippen MR) is 185 cm³/mol. The molecule has 238 valence electrons. The minimum absolute atomic E-state index is 0.0754. The van der Waals surface area contributed by atoms with Gasteiger partial charge in [-0.25, -0.2) is 19.3 Å². The van der Waals surface area contributed by atoms with E-state index >= 15 is 0 Å². The Hall–Kier alpha value is -3.83. The molecule has 0 saturated carbocycles. The highest BCUT2D eigenvalue weighted by molar-refractivity contribution is 7.82. The molecule has 2 aromatic rings. The fourth-order valence-electron chi connectivity index (χ4n) is 5.20. The molecule has 1 unspecified atom stereocenters. The largest absolute Gasteiger partial charge is 0.376 e. The van der Waals surface area contributed by atoms with E-state index in [1.54, 1.807) is 10.6 Å². The second-order valence-corrected chi connectivity index (χ2v) is 11.7. The van der Waals surface area contributed by atoms with Gasteiger partial charge in [0.25, 0.3) is 5.56 Å². The van der Waals surface area contributed by atoms with E-state index in [4.69, 9.17) is 5.14 Å². The van der Waals surface area contributed by atoms with Crippen molar-refractivity contribution >= 4 is 34.5 Å². The lowest BCUT2D eigenvalue weighted by atomic mass is 9.99. The van der Waals surface area contributed by atoms with Crippen LogP contribution in [0, 0.1) is 13.8 Å². The van der Waals surface area contributed by atoms with E-state index in [2.05, 4.69) is 62.1 Å². The van der Waals surface area contributed by atoms with E-state index in [0.717, 1.165) is 72.3 Å². The molecule has 2 aromatic heterocycles. The quantitative estimate of drug-likeness (QED) is 0.460. The van der Waals surface area contributed by atoms with Gasteiger partial charge in [0.1, 0.15) is 22.6 Å². The maximum absolute atomic E-state index is 13.2. The number of anilines is 2. The van der Waals surface area contributed by atoms with Crippen molar-refractivity contribution < 1.29 is 4.21 Å². The molecule has 0 amide bonds. The zero-order chi connectivity index (χ0) is 32.4. The van der Waals surface area contributed by atoms with Crippen molar-refractivity contribution in [2.75, 3.05) is 42.9 Å². The molecule has 1 saturated heterocycles. The molecule has 0 radical (unpaired) electrons. The minimum atomic E-state index is -1.73. The molecule has 0 spiro atoms. The summed E-state index contributed by atoms with van der Waals surface area (Å²) in [5, 5.41) is 9.59. The summed E-state index contributed by atoms with van der Waals surface area (Å²) in [6.07, 6.45) is 4.76. The van der Waals surface area contributed by atoms with Gasteiger partial charge in [0.15, 0.2) is 5.03 Å². The van der Waals surface area contributed by atoms with E-state index in [1.807, 2.05) is 66.1 Å². The number of aromatic nitrogens is 2. The van der Waals surface area contributed by atoms with Crippen LogP contribution in [0.3, 0.4) is 0 Å². The van der Waals surface area contributed by atoms with Crippen molar-refractivity contribution in [3.63, 3.8) is 0 Å². The maximum Gasteiger partial charge on any atom is 0.251 e. The standard InChI is InChI=1S/C31H42N8O2S.C2H6/c1-7-25-19-29(39-16-14-38(15-17-39)26-12-13-33-24(5)34-20-26)37(6)30(40)11-8-21(2)18-27(25)23(4)36-28-10-9-22(3)35-31(28)42(32)41;1-2/h8-12,18-20,23,36H,7,13-17,32H2,1-6H3;1-2H3/t23-,42?;/m1./s1. The maximum atomic E-state index is 13.2. The molecule has 3 N–H and O–H groups in total. The van der Waals surface area contributed by atoms with Crippen LogP contribution >= 0.6 is 0 Å². The van der Waals surface area contributed by atoms with Gasteiger partial charge in [0.05, 0.1) is 24.1 Å². The molecule has 11 heteroatoms. The van der Waals surface area contributed by atoms with Crippen molar-refractivity contribution in [2.45, 2.75) is 66.0 Å². The number of piperazine rings is 1. The van der Waals surface area contributed by atoms with Crippen LogP contribution in [0.4, 0.5) is 11.5 Å². The summed E-state index contributed by atoms with van der Waals surface area (Å²) in [6.45, 7) is 17.7. The number of hydrogen-bond acceptors (Lipinski definition) is 8. The zero-order valence-electron chi connectivity index (χ0n) is 27.4. The third-order valence-electron chi connectivity index (χ3n) is 7.60. The minimum Gasteiger partial charge on any atom is -0.376 e. The van der Waals surface area contributed by atoms with Gasteiger partial charge >= 0.3 is 0 Å². The van der Waals surface area contributed by atoms with Crippen molar-refractivity contribution in [1.29, 1.82) is 0 Å². The summed E-state index contributed by atoms with van der Waals surface area (Å²) < 4.78 is 14.0. The van der Waals surface area contributed by atoms with E-state index in [-0.39, 0.29) is 11.6 Å². The first-order chi connectivity index (χ1) is 21.1. The lowest BCUT2D eigenvalue weighted by Gasteiger charge is -2.38. The molecular formula is C33H48N8O2S. The van der Waals surface area contributed by atoms with Crippen molar-refractivity contribution in [3.05, 3.63) is 80.9 Å². The second-order valence-electron chi connectivity index (χ2n) is 10.7. The Morgan fingerprint density at radius 2 is 1.70 bits per heavy atom. The molecule has 4 rings (SSSR count). The van der Waals surface area contributed by atoms with Crippen molar-refractivity contribution in [2.24, 2.45) is 22.2 Å². The van der Waals surface area contributed by atoms with Gasteiger partial charge in [0, 0.05) is 51.0 Å². The highest BCUT2D eigenvalue weighted by atomic mass is 32.2. The van der Waals surface area contributed by atoms with Crippen LogP contribution < -0.4 is 20.9 Å². The summed E-state index contributed by atoms with van der Waals surface area (Å²) in [6, 6.07) is 11.3. The lowest BCUT2D eigenvalue weighted by molar-refractivity contribution is 0.334. The molecule has 0 bridgehead atoms. The predicted octanol–water partition coefficient (Wildman–Crippen LogP) is 4.77. The number of nitrogens with two attached hydrogens (primary N) is 1.